The van der Waals surface area contributed by atoms with Gasteiger partial charge in [0.1, 0.15) is 5.78 Å². The first kappa shape index (κ1) is 12.2. The molecule has 1 aromatic rings. The number of carbonyl (C=O) groups excluding carboxylic acids is 1. The van der Waals surface area contributed by atoms with Crippen LogP contribution in [0, 0.1) is 0 Å². The lowest BCUT2D eigenvalue weighted by Crippen LogP contribution is -2.36. The van der Waals surface area contributed by atoms with Crippen molar-refractivity contribution >= 4 is 17.4 Å². The number of halogens is 1. The summed E-state index contributed by atoms with van der Waals surface area (Å²) in [7, 11) is 3.81. The third kappa shape index (κ3) is 3.33. The van der Waals surface area contributed by atoms with Gasteiger partial charge in [-0.05, 0) is 39.1 Å². The van der Waals surface area contributed by atoms with Crippen LogP contribution >= 0.6 is 11.6 Å². The minimum atomic E-state index is -0.0927. The Kier molecular flexibility index (Phi) is 4.30. The molecular weight excluding hydrogens is 210 g/mol. The van der Waals surface area contributed by atoms with Crippen molar-refractivity contribution < 1.29 is 4.79 Å². The Hall–Kier alpha value is -0.860. The maximum absolute atomic E-state index is 11.4. The second kappa shape index (κ2) is 5.29. The zero-order chi connectivity index (χ0) is 11.4. The smallest absolute Gasteiger partial charge is 0.147 e. The van der Waals surface area contributed by atoms with Gasteiger partial charge in [-0.3, -0.25) is 9.69 Å². The standard InChI is InChI=1S/C12H16ClNO/c1-9(15)12(14(2)3)8-10-6-4-5-7-11(10)13/h4-7,12H,8H2,1-3H3/t12-/m0/s1. The van der Waals surface area contributed by atoms with Gasteiger partial charge in [0.15, 0.2) is 0 Å². The third-order valence-electron chi connectivity index (χ3n) is 2.46. The Labute approximate surface area is 95.8 Å². The van der Waals surface area contributed by atoms with Crippen LogP contribution in [0.2, 0.25) is 5.02 Å². The molecule has 0 aliphatic heterocycles. The van der Waals surface area contributed by atoms with Gasteiger partial charge in [0.2, 0.25) is 0 Å². The van der Waals surface area contributed by atoms with Crippen LogP contribution in [0.25, 0.3) is 0 Å². The van der Waals surface area contributed by atoms with Crippen molar-refractivity contribution in [2.24, 2.45) is 0 Å². The number of hydrogen-bond acceptors (Lipinski definition) is 2. The van der Waals surface area contributed by atoms with Crippen LogP contribution < -0.4 is 0 Å². The Bertz CT molecular complexity index is 349. The van der Waals surface area contributed by atoms with Crippen LogP contribution in [0.15, 0.2) is 24.3 Å². The van der Waals surface area contributed by atoms with Crippen LogP contribution in [-0.2, 0) is 11.2 Å². The van der Waals surface area contributed by atoms with E-state index in [1.807, 2.05) is 43.3 Å². The monoisotopic (exact) mass is 225 g/mol. The normalized spacial score (nSPS) is 12.9. The molecule has 0 heterocycles. The van der Waals surface area contributed by atoms with Gasteiger partial charge < -0.3 is 0 Å². The van der Waals surface area contributed by atoms with E-state index < -0.39 is 0 Å². The molecule has 0 fully saturated rings. The molecule has 1 aromatic carbocycles. The van der Waals surface area contributed by atoms with Gasteiger partial charge >= 0.3 is 0 Å². The van der Waals surface area contributed by atoms with Gasteiger partial charge in [0, 0.05) is 5.02 Å². The quantitative estimate of drug-likeness (QED) is 0.785. The van der Waals surface area contributed by atoms with E-state index in [1.54, 1.807) is 6.92 Å². The van der Waals surface area contributed by atoms with Crippen LogP contribution in [-0.4, -0.2) is 30.8 Å². The predicted octanol–water partition coefficient (Wildman–Crippen LogP) is 2.40. The molecule has 0 unspecified atom stereocenters. The first-order valence-corrected chi connectivity index (χ1v) is 5.30. The summed E-state index contributed by atoms with van der Waals surface area (Å²) < 4.78 is 0. The first-order chi connectivity index (χ1) is 7.02. The second-order valence-electron chi connectivity index (χ2n) is 3.89. The van der Waals surface area contributed by atoms with E-state index >= 15 is 0 Å². The van der Waals surface area contributed by atoms with E-state index in [9.17, 15) is 4.79 Å². The highest BCUT2D eigenvalue weighted by Gasteiger charge is 2.17. The molecule has 0 bridgehead atoms. The summed E-state index contributed by atoms with van der Waals surface area (Å²) in [6.45, 7) is 1.61. The number of hydrogen-bond donors (Lipinski definition) is 0. The van der Waals surface area contributed by atoms with Crippen LogP contribution in [0.5, 0.6) is 0 Å². The van der Waals surface area contributed by atoms with Gasteiger partial charge in [0.25, 0.3) is 0 Å². The summed E-state index contributed by atoms with van der Waals surface area (Å²) in [5.41, 5.74) is 1.02. The van der Waals surface area contributed by atoms with Crippen LogP contribution in [0.3, 0.4) is 0 Å². The molecule has 0 spiro atoms. The molecule has 0 N–H and O–H groups in total. The molecule has 0 radical (unpaired) electrons. The fourth-order valence-electron chi connectivity index (χ4n) is 1.56. The van der Waals surface area contributed by atoms with Gasteiger partial charge in [-0.15, -0.1) is 0 Å². The van der Waals surface area contributed by atoms with Crippen LogP contribution in [0.1, 0.15) is 12.5 Å². The minimum Gasteiger partial charge on any atom is -0.299 e. The molecular formula is C12H16ClNO. The zero-order valence-electron chi connectivity index (χ0n) is 9.33. The Morgan fingerprint density at radius 1 is 1.40 bits per heavy atom. The van der Waals surface area contributed by atoms with Gasteiger partial charge in [0.05, 0.1) is 6.04 Å². The second-order valence-corrected chi connectivity index (χ2v) is 4.29. The highest BCUT2D eigenvalue weighted by Crippen LogP contribution is 2.18. The summed E-state index contributed by atoms with van der Waals surface area (Å²) in [4.78, 5) is 13.3. The fourth-order valence-corrected chi connectivity index (χ4v) is 1.78. The minimum absolute atomic E-state index is 0.0927. The third-order valence-corrected chi connectivity index (χ3v) is 2.83. The van der Waals surface area contributed by atoms with E-state index in [1.165, 1.54) is 0 Å². The number of nitrogens with zero attached hydrogens (tertiary/aromatic N) is 1. The zero-order valence-corrected chi connectivity index (χ0v) is 10.1. The molecule has 2 nitrogen and oxygen atoms in total. The molecule has 3 heteroatoms. The molecule has 82 valence electrons. The van der Waals surface area contributed by atoms with E-state index in [2.05, 4.69) is 0 Å². The summed E-state index contributed by atoms with van der Waals surface area (Å²) in [5.74, 6) is 0.167. The average Bonchev–Trinajstić information content (AvgIpc) is 2.15. The molecule has 15 heavy (non-hydrogen) atoms. The van der Waals surface area contributed by atoms with Crippen molar-refractivity contribution in [1.29, 1.82) is 0 Å². The average molecular weight is 226 g/mol. The number of likely N-dealkylation sites (N-methyl/N-ethyl adjacent to an activating group) is 1. The first-order valence-electron chi connectivity index (χ1n) is 4.92. The molecule has 0 saturated carbocycles. The Balaban J connectivity index is 2.84. The van der Waals surface area contributed by atoms with E-state index in [0.29, 0.717) is 6.42 Å². The molecule has 0 aromatic heterocycles. The molecule has 0 aliphatic carbocycles. The number of Topliss-reactive ketones (excluding diaryl/α,β-unsaturated/α-hetero) is 1. The molecule has 0 amide bonds. The van der Waals surface area contributed by atoms with E-state index in [4.69, 9.17) is 11.6 Å². The Morgan fingerprint density at radius 2 is 2.00 bits per heavy atom. The maximum atomic E-state index is 11.4. The Morgan fingerprint density at radius 3 is 2.47 bits per heavy atom. The van der Waals surface area contributed by atoms with Crippen molar-refractivity contribution in [2.75, 3.05) is 14.1 Å². The number of carbonyl (C=O) groups is 1. The lowest BCUT2D eigenvalue weighted by molar-refractivity contribution is -0.121. The molecule has 1 rings (SSSR count). The van der Waals surface area contributed by atoms with Gasteiger partial charge in [-0.1, -0.05) is 29.8 Å². The summed E-state index contributed by atoms with van der Waals surface area (Å²) in [5, 5.41) is 0.727. The highest BCUT2D eigenvalue weighted by molar-refractivity contribution is 6.31. The van der Waals surface area contributed by atoms with Crippen LogP contribution in [0.4, 0.5) is 0 Å². The SMILES string of the molecule is CC(=O)[C@H](Cc1ccccc1Cl)N(C)C. The maximum Gasteiger partial charge on any atom is 0.147 e. The number of benzene rings is 1. The van der Waals surface area contributed by atoms with Crippen molar-refractivity contribution in [3.63, 3.8) is 0 Å². The summed E-state index contributed by atoms with van der Waals surface area (Å²) >= 11 is 6.05. The molecule has 1 atom stereocenters. The number of rotatable bonds is 4. The lowest BCUT2D eigenvalue weighted by atomic mass is 10.0. The van der Waals surface area contributed by atoms with Gasteiger partial charge in [-0.25, -0.2) is 0 Å². The van der Waals surface area contributed by atoms with E-state index in [-0.39, 0.29) is 11.8 Å². The fraction of sp³-hybridized carbons (Fsp3) is 0.417. The number of ketones is 1. The summed E-state index contributed by atoms with van der Waals surface area (Å²) in [6, 6.07) is 7.55. The van der Waals surface area contributed by atoms with Crippen molar-refractivity contribution in [2.45, 2.75) is 19.4 Å². The highest BCUT2D eigenvalue weighted by atomic mass is 35.5. The summed E-state index contributed by atoms with van der Waals surface area (Å²) in [6.07, 6.45) is 0.669. The van der Waals surface area contributed by atoms with E-state index in [0.717, 1.165) is 10.6 Å². The lowest BCUT2D eigenvalue weighted by Gasteiger charge is -2.21. The molecule has 0 aliphatic rings. The molecule has 0 saturated heterocycles. The van der Waals surface area contributed by atoms with Gasteiger partial charge in [-0.2, -0.15) is 0 Å². The largest absolute Gasteiger partial charge is 0.299 e. The topological polar surface area (TPSA) is 20.3 Å². The van der Waals surface area contributed by atoms with Crippen molar-refractivity contribution in [3.8, 4) is 0 Å². The van der Waals surface area contributed by atoms with Crippen molar-refractivity contribution in [1.82, 2.24) is 4.90 Å². The predicted molar refractivity (Wildman–Crippen MR) is 63.3 cm³/mol. The van der Waals surface area contributed by atoms with Crippen molar-refractivity contribution in [3.05, 3.63) is 34.9 Å².